The highest BCUT2D eigenvalue weighted by molar-refractivity contribution is 7.89. The number of hydrogen-bond acceptors (Lipinski definition) is 3. The van der Waals surface area contributed by atoms with E-state index in [1.165, 1.54) is 4.31 Å². The average Bonchev–Trinajstić information content (AvgIpc) is 2.99. The molecule has 5 heteroatoms. The van der Waals surface area contributed by atoms with Crippen molar-refractivity contribution in [1.82, 2.24) is 4.31 Å². The lowest BCUT2D eigenvalue weighted by Crippen LogP contribution is -2.37. The van der Waals surface area contributed by atoms with Crippen LogP contribution in [0, 0.1) is 6.92 Å². The fraction of sp³-hybridized carbons (Fsp3) is 0.263. The number of benzene rings is 2. The molecule has 0 amide bonds. The van der Waals surface area contributed by atoms with Crippen LogP contribution in [0.1, 0.15) is 22.7 Å². The summed E-state index contributed by atoms with van der Waals surface area (Å²) in [5.41, 5.74) is 2.19. The molecular formula is C19H19NO3S. The summed E-state index contributed by atoms with van der Waals surface area (Å²) in [6.45, 7) is 6.03. The fourth-order valence-electron chi connectivity index (χ4n) is 3.80. The van der Waals surface area contributed by atoms with E-state index in [2.05, 4.69) is 6.58 Å². The van der Waals surface area contributed by atoms with Crippen LogP contribution < -0.4 is 0 Å². The highest BCUT2D eigenvalue weighted by Crippen LogP contribution is 2.52. The summed E-state index contributed by atoms with van der Waals surface area (Å²) in [6, 6.07) is 13.8. The number of hydrogen-bond donors (Lipinski definition) is 1. The zero-order chi connectivity index (χ0) is 17.1. The van der Waals surface area contributed by atoms with E-state index < -0.39 is 21.7 Å². The summed E-state index contributed by atoms with van der Waals surface area (Å²) in [5, 5.41) is 11.1. The van der Waals surface area contributed by atoms with Gasteiger partial charge in [0.25, 0.3) is 0 Å². The van der Waals surface area contributed by atoms with Gasteiger partial charge in [-0.3, -0.25) is 0 Å². The van der Waals surface area contributed by atoms with Gasteiger partial charge in [0.15, 0.2) is 0 Å². The van der Waals surface area contributed by atoms with Gasteiger partial charge in [-0.1, -0.05) is 48.5 Å². The van der Waals surface area contributed by atoms with E-state index in [1.54, 1.807) is 24.3 Å². The van der Waals surface area contributed by atoms with Gasteiger partial charge in [-0.15, -0.1) is 0 Å². The van der Waals surface area contributed by atoms with E-state index >= 15 is 0 Å². The molecule has 0 radical (unpaired) electrons. The van der Waals surface area contributed by atoms with Crippen molar-refractivity contribution in [3.8, 4) is 0 Å². The molecule has 1 fully saturated rings. The molecule has 4 nitrogen and oxygen atoms in total. The molecule has 1 N–H and O–H groups in total. The Hall–Kier alpha value is -1.95. The Labute approximate surface area is 142 Å². The highest BCUT2D eigenvalue weighted by Gasteiger charge is 2.57. The van der Waals surface area contributed by atoms with E-state index in [0.717, 1.165) is 16.7 Å². The van der Waals surface area contributed by atoms with Crippen molar-refractivity contribution >= 4 is 10.0 Å². The second-order valence-corrected chi connectivity index (χ2v) is 8.56. The molecule has 1 aliphatic heterocycles. The Kier molecular flexibility index (Phi) is 3.26. The first-order valence-electron chi connectivity index (χ1n) is 7.91. The summed E-state index contributed by atoms with van der Waals surface area (Å²) in [6.07, 6.45) is 0.409. The zero-order valence-electron chi connectivity index (χ0n) is 13.4. The second kappa shape index (κ2) is 5.02. The number of rotatable bonds is 2. The van der Waals surface area contributed by atoms with Crippen LogP contribution in [0.25, 0.3) is 0 Å². The van der Waals surface area contributed by atoms with Crippen LogP contribution in [0.15, 0.2) is 65.6 Å². The van der Waals surface area contributed by atoms with Crippen LogP contribution in [0.3, 0.4) is 0 Å². The van der Waals surface area contributed by atoms with Crippen molar-refractivity contribution < 1.29 is 13.5 Å². The molecule has 2 aromatic carbocycles. The molecule has 4 rings (SSSR count). The van der Waals surface area contributed by atoms with Gasteiger partial charge in [0.05, 0.1) is 10.9 Å². The average molecular weight is 341 g/mol. The predicted octanol–water partition coefficient (Wildman–Crippen LogP) is 2.58. The molecule has 0 saturated carbocycles. The van der Waals surface area contributed by atoms with Crippen molar-refractivity contribution in [2.45, 2.75) is 29.9 Å². The van der Waals surface area contributed by atoms with Gasteiger partial charge < -0.3 is 5.11 Å². The number of sulfonamides is 1. The summed E-state index contributed by atoms with van der Waals surface area (Å²) >= 11 is 0. The molecular weight excluding hydrogens is 322 g/mol. The summed E-state index contributed by atoms with van der Waals surface area (Å²) in [5.74, 6) is 0. The third-order valence-electron chi connectivity index (χ3n) is 5.14. The summed E-state index contributed by atoms with van der Waals surface area (Å²) in [7, 11) is -3.71. The molecule has 1 heterocycles. The fourth-order valence-corrected chi connectivity index (χ4v) is 5.45. The predicted molar refractivity (Wildman–Crippen MR) is 92.0 cm³/mol. The molecule has 0 spiro atoms. The smallest absolute Gasteiger partial charge is 0.244 e. The maximum absolute atomic E-state index is 13.2. The number of fused-ring (bicyclic) bond motifs is 3. The normalized spacial score (nSPS) is 26.4. The van der Waals surface area contributed by atoms with Gasteiger partial charge in [0.1, 0.15) is 5.60 Å². The van der Waals surface area contributed by atoms with Gasteiger partial charge in [-0.2, -0.15) is 4.31 Å². The Morgan fingerprint density at radius 1 is 1.17 bits per heavy atom. The van der Waals surface area contributed by atoms with Crippen LogP contribution in [0.5, 0.6) is 0 Å². The van der Waals surface area contributed by atoms with Gasteiger partial charge in [0.2, 0.25) is 10.0 Å². The molecule has 2 aromatic rings. The van der Waals surface area contributed by atoms with Gasteiger partial charge in [0, 0.05) is 13.0 Å². The number of aryl methyl sites for hydroxylation is 1. The molecule has 0 unspecified atom stereocenters. The van der Waals surface area contributed by atoms with Crippen LogP contribution in [0.4, 0.5) is 0 Å². The van der Waals surface area contributed by atoms with Crippen molar-refractivity contribution in [3.63, 3.8) is 0 Å². The number of aliphatic hydroxyl groups is 1. The van der Waals surface area contributed by atoms with Crippen molar-refractivity contribution in [3.05, 3.63) is 77.4 Å². The van der Waals surface area contributed by atoms with Crippen molar-refractivity contribution in [2.75, 3.05) is 6.54 Å². The van der Waals surface area contributed by atoms with E-state index in [4.69, 9.17) is 0 Å². The third kappa shape index (κ3) is 2.02. The third-order valence-corrected chi connectivity index (χ3v) is 6.96. The minimum Gasteiger partial charge on any atom is -0.383 e. The Balaban J connectivity index is 1.85. The molecule has 1 aliphatic carbocycles. The Morgan fingerprint density at radius 3 is 2.54 bits per heavy atom. The Bertz CT molecular complexity index is 933. The van der Waals surface area contributed by atoms with Gasteiger partial charge in [-0.05, 0) is 35.8 Å². The van der Waals surface area contributed by atoms with Crippen LogP contribution in [-0.4, -0.2) is 30.0 Å². The first kappa shape index (κ1) is 15.6. The first-order valence-corrected chi connectivity index (χ1v) is 9.35. The number of nitrogens with zero attached hydrogens (tertiary/aromatic N) is 1. The highest BCUT2D eigenvalue weighted by atomic mass is 32.2. The molecule has 1 saturated heterocycles. The monoisotopic (exact) mass is 341 g/mol. The van der Waals surface area contributed by atoms with Crippen LogP contribution in [-0.2, 0) is 16.4 Å². The van der Waals surface area contributed by atoms with Crippen LogP contribution >= 0.6 is 0 Å². The lowest BCUT2D eigenvalue weighted by atomic mass is 9.92. The quantitative estimate of drug-likeness (QED) is 0.854. The van der Waals surface area contributed by atoms with E-state index in [1.807, 2.05) is 31.2 Å². The summed E-state index contributed by atoms with van der Waals surface area (Å²) in [4.78, 5) is 0.245. The maximum atomic E-state index is 13.2. The van der Waals surface area contributed by atoms with Gasteiger partial charge in [-0.25, -0.2) is 8.42 Å². The Morgan fingerprint density at radius 2 is 1.83 bits per heavy atom. The molecule has 124 valence electrons. The minimum absolute atomic E-state index is 0.145. The first-order chi connectivity index (χ1) is 11.3. The summed E-state index contributed by atoms with van der Waals surface area (Å²) < 4.78 is 27.7. The van der Waals surface area contributed by atoms with Crippen molar-refractivity contribution in [1.29, 1.82) is 0 Å². The SMILES string of the molecule is C=C1CN(S(=O)(=O)c2ccc(C)cc2)[C@H]2c3ccccc3C[C@@]12O. The van der Waals surface area contributed by atoms with E-state index in [9.17, 15) is 13.5 Å². The zero-order valence-corrected chi connectivity index (χ0v) is 14.3. The van der Waals surface area contributed by atoms with Crippen LogP contribution in [0.2, 0.25) is 0 Å². The molecule has 2 atom stereocenters. The van der Waals surface area contributed by atoms with Gasteiger partial charge >= 0.3 is 0 Å². The van der Waals surface area contributed by atoms with E-state index in [0.29, 0.717) is 12.0 Å². The molecule has 0 bridgehead atoms. The minimum atomic E-state index is -3.71. The van der Waals surface area contributed by atoms with E-state index in [-0.39, 0.29) is 11.4 Å². The van der Waals surface area contributed by atoms with Crippen molar-refractivity contribution in [2.24, 2.45) is 0 Å². The largest absolute Gasteiger partial charge is 0.383 e. The molecule has 24 heavy (non-hydrogen) atoms. The lowest BCUT2D eigenvalue weighted by molar-refractivity contribution is 0.0576. The molecule has 0 aromatic heterocycles. The lowest BCUT2D eigenvalue weighted by Gasteiger charge is -2.28. The standard InChI is InChI=1S/C19H19NO3S/c1-13-7-9-16(10-8-13)24(22,23)20-12-14(2)19(21)11-15-5-3-4-6-17(15)18(19)20/h3-10,18,21H,2,11-12H2,1H3/t18-,19+/m0/s1. The maximum Gasteiger partial charge on any atom is 0.244 e. The second-order valence-electron chi connectivity index (χ2n) is 6.67. The molecule has 2 aliphatic rings. The topological polar surface area (TPSA) is 57.6 Å².